The third-order valence-corrected chi connectivity index (χ3v) is 4.39. The van der Waals surface area contributed by atoms with E-state index in [9.17, 15) is 9.59 Å². The summed E-state index contributed by atoms with van der Waals surface area (Å²) in [5, 5.41) is 11.7. The predicted octanol–water partition coefficient (Wildman–Crippen LogP) is 0.734. The Hall–Kier alpha value is -1.30. The lowest BCUT2D eigenvalue weighted by molar-refractivity contribution is -0.120. The molecule has 0 radical (unpaired) electrons. The average molecular weight is 296 g/mol. The fourth-order valence-corrected chi connectivity index (χ4v) is 3.08. The molecule has 0 aromatic heterocycles. The topological polar surface area (TPSA) is 82.3 Å². The monoisotopic (exact) mass is 296 g/mol. The van der Waals surface area contributed by atoms with Crippen LogP contribution in [0.2, 0.25) is 0 Å². The van der Waals surface area contributed by atoms with Gasteiger partial charge in [0.1, 0.15) is 0 Å². The number of hydrogen-bond donors (Lipinski definition) is 4. The zero-order chi connectivity index (χ0) is 14.9. The van der Waals surface area contributed by atoms with Crippen molar-refractivity contribution < 1.29 is 9.59 Å². The first-order valence-corrected chi connectivity index (χ1v) is 8.26. The molecule has 0 aromatic carbocycles. The van der Waals surface area contributed by atoms with Crippen LogP contribution in [0.5, 0.6) is 0 Å². The summed E-state index contributed by atoms with van der Waals surface area (Å²) in [5.41, 5.74) is 0. The number of carbonyl (C=O) groups is 2. The molecule has 21 heavy (non-hydrogen) atoms. The van der Waals surface area contributed by atoms with Crippen LogP contribution in [0.4, 0.5) is 4.79 Å². The normalized spacial score (nSPS) is 22.8. The highest BCUT2D eigenvalue weighted by molar-refractivity contribution is 5.83. The summed E-state index contributed by atoms with van der Waals surface area (Å²) in [7, 11) is 0. The SMILES string of the molecule is O=C(CNC(=O)NC1CCCCC1)NCCC1CCNC1. The average Bonchev–Trinajstić information content (AvgIpc) is 2.99. The number of rotatable bonds is 6. The molecule has 1 heterocycles. The van der Waals surface area contributed by atoms with Gasteiger partial charge < -0.3 is 21.3 Å². The Kier molecular flexibility index (Phi) is 6.79. The van der Waals surface area contributed by atoms with E-state index in [1.54, 1.807) is 0 Å². The van der Waals surface area contributed by atoms with E-state index in [2.05, 4.69) is 21.3 Å². The first-order chi connectivity index (χ1) is 10.2. The summed E-state index contributed by atoms with van der Waals surface area (Å²) in [6.07, 6.45) is 7.93. The lowest BCUT2D eigenvalue weighted by Gasteiger charge is -2.22. The number of hydrogen-bond acceptors (Lipinski definition) is 3. The van der Waals surface area contributed by atoms with Gasteiger partial charge in [0.2, 0.25) is 5.91 Å². The molecule has 2 aliphatic rings. The molecule has 6 heteroatoms. The lowest BCUT2D eigenvalue weighted by Crippen LogP contribution is -2.46. The molecule has 0 spiro atoms. The van der Waals surface area contributed by atoms with Crippen LogP contribution in [0.3, 0.4) is 0 Å². The summed E-state index contributed by atoms with van der Waals surface area (Å²) in [6.45, 7) is 2.89. The number of carbonyl (C=O) groups excluding carboxylic acids is 2. The van der Waals surface area contributed by atoms with E-state index in [4.69, 9.17) is 0 Å². The van der Waals surface area contributed by atoms with Crippen molar-refractivity contribution in [1.29, 1.82) is 0 Å². The fourth-order valence-electron chi connectivity index (χ4n) is 3.08. The zero-order valence-corrected chi connectivity index (χ0v) is 12.7. The summed E-state index contributed by atoms with van der Waals surface area (Å²) >= 11 is 0. The molecule has 4 N–H and O–H groups in total. The molecule has 2 rings (SSSR count). The minimum Gasteiger partial charge on any atom is -0.355 e. The molecule has 1 aliphatic carbocycles. The Morgan fingerprint density at radius 1 is 1.05 bits per heavy atom. The Balaban J connectivity index is 1.50. The Morgan fingerprint density at radius 2 is 1.86 bits per heavy atom. The van der Waals surface area contributed by atoms with Crippen LogP contribution >= 0.6 is 0 Å². The number of nitrogens with one attached hydrogen (secondary N) is 4. The lowest BCUT2D eigenvalue weighted by atomic mass is 9.96. The molecule has 0 aromatic rings. The van der Waals surface area contributed by atoms with E-state index in [0.29, 0.717) is 12.5 Å². The largest absolute Gasteiger partial charge is 0.355 e. The molecular formula is C15H28N4O2. The summed E-state index contributed by atoms with van der Waals surface area (Å²) < 4.78 is 0. The maximum absolute atomic E-state index is 11.7. The molecular weight excluding hydrogens is 268 g/mol. The number of amides is 3. The van der Waals surface area contributed by atoms with Gasteiger partial charge in [-0.15, -0.1) is 0 Å². The number of urea groups is 1. The summed E-state index contributed by atoms with van der Waals surface area (Å²) in [6, 6.07) is 0.0497. The molecule has 1 atom stereocenters. The van der Waals surface area contributed by atoms with E-state index < -0.39 is 0 Å². The van der Waals surface area contributed by atoms with Gasteiger partial charge in [0.05, 0.1) is 6.54 Å². The quantitative estimate of drug-likeness (QED) is 0.583. The van der Waals surface area contributed by atoms with Crippen LogP contribution in [0.25, 0.3) is 0 Å². The second-order valence-corrected chi connectivity index (χ2v) is 6.16. The van der Waals surface area contributed by atoms with Crippen molar-refractivity contribution in [3.05, 3.63) is 0 Å². The smallest absolute Gasteiger partial charge is 0.315 e. The van der Waals surface area contributed by atoms with Crippen LogP contribution in [0.1, 0.15) is 44.9 Å². The van der Waals surface area contributed by atoms with Gasteiger partial charge in [0.25, 0.3) is 0 Å². The maximum Gasteiger partial charge on any atom is 0.315 e. The zero-order valence-electron chi connectivity index (χ0n) is 12.7. The van der Waals surface area contributed by atoms with Gasteiger partial charge in [-0.2, -0.15) is 0 Å². The first kappa shape index (κ1) is 16.1. The third kappa shape index (κ3) is 6.33. The van der Waals surface area contributed by atoms with Gasteiger partial charge in [-0.1, -0.05) is 19.3 Å². The highest BCUT2D eigenvalue weighted by Gasteiger charge is 2.16. The van der Waals surface area contributed by atoms with E-state index in [0.717, 1.165) is 32.4 Å². The fraction of sp³-hybridized carbons (Fsp3) is 0.867. The van der Waals surface area contributed by atoms with Crippen LogP contribution in [0.15, 0.2) is 0 Å². The molecule has 1 unspecified atom stereocenters. The van der Waals surface area contributed by atoms with Gasteiger partial charge in [-0.25, -0.2) is 4.79 Å². The second kappa shape index (κ2) is 8.87. The molecule has 120 valence electrons. The van der Waals surface area contributed by atoms with Crippen molar-refractivity contribution in [2.75, 3.05) is 26.2 Å². The molecule has 1 saturated heterocycles. The van der Waals surface area contributed by atoms with Crippen molar-refractivity contribution in [1.82, 2.24) is 21.3 Å². The van der Waals surface area contributed by atoms with Crippen LogP contribution in [0, 0.1) is 5.92 Å². The molecule has 6 nitrogen and oxygen atoms in total. The van der Waals surface area contributed by atoms with Crippen molar-refractivity contribution in [2.45, 2.75) is 51.0 Å². The molecule has 0 bridgehead atoms. The van der Waals surface area contributed by atoms with Crippen molar-refractivity contribution >= 4 is 11.9 Å². The van der Waals surface area contributed by atoms with Gasteiger partial charge in [-0.05, 0) is 44.7 Å². The Bertz CT molecular complexity index is 337. The van der Waals surface area contributed by atoms with Crippen molar-refractivity contribution in [2.24, 2.45) is 5.92 Å². The van der Waals surface area contributed by atoms with E-state index in [-0.39, 0.29) is 24.5 Å². The van der Waals surface area contributed by atoms with E-state index >= 15 is 0 Å². The molecule has 3 amide bonds. The summed E-state index contributed by atoms with van der Waals surface area (Å²) in [4.78, 5) is 23.3. The van der Waals surface area contributed by atoms with Crippen LogP contribution in [-0.4, -0.2) is 44.2 Å². The van der Waals surface area contributed by atoms with Crippen LogP contribution in [-0.2, 0) is 4.79 Å². The van der Waals surface area contributed by atoms with Crippen molar-refractivity contribution in [3.63, 3.8) is 0 Å². The second-order valence-electron chi connectivity index (χ2n) is 6.16. The standard InChI is InChI=1S/C15H28N4O2/c20-14(17-9-7-12-6-8-16-10-12)11-18-15(21)19-13-4-2-1-3-5-13/h12-13,16H,1-11H2,(H,17,20)(H2,18,19,21). The highest BCUT2D eigenvalue weighted by Crippen LogP contribution is 2.17. The maximum atomic E-state index is 11.7. The summed E-state index contributed by atoms with van der Waals surface area (Å²) in [5.74, 6) is 0.563. The first-order valence-electron chi connectivity index (χ1n) is 8.26. The minimum absolute atomic E-state index is 0.0570. The Labute approximate surface area is 126 Å². The predicted molar refractivity (Wildman–Crippen MR) is 82.0 cm³/mol. The van der Waals surface area contributed by atoms with Gasteiger partial charge in [-0.3, -0.25) is 4.79 Å². The van der Waals surface area contributed by atoms with E-state index in [1.807, 2.05) is 0 Å². The molecule has 1 aliphatic heterocycles. The van der Waals surface area contributed by atoms with Gasteiger partial charge in [0, 0.05) is 12.6 Å². The van der Waals surface area contributed by atoms with Gasteiger partial charge >= 0.3 is 6.03 Å². The van der Waals surface area contributed by atoms with E-state index in [1.165, 1.54) is 25.7 Å². The third-order valence-electron chi connectivity index (χ3n) is 4.39. The highest BCUT2D eigenvalue weighted by atomic mass is 16.2. The minimum atomic E-state index is -0.225. The molecule has 2 fully saturated rings. The van der Waals surface area contributed by atoms with Crippen molar-refractivity contribution in [3.8, 4) is 0 Å². The Morgan fingerprint density at radius 3 is 2.57 bits per heavy atom. The molecule has 1 saturated carbocycles. The van der Waals surface area contributed by atoms with Crippen LogP contribution < -0.4 is 21.3 Å². The van der Waals surface area contributed by atoms with Gasteiger partial charge in [0.15, 0.2) is 0 Å².